The summed E-state index contributed by atoms with van der Waals surface area (Å²) in [5, 5.41) is 10.7. The average molecular weight is 272 g/mol. The molecular formula is C16H20N2O2. The molecule has 1 saturated carbocycles. The highest BCUT2D eigenvalue weighted by Gasteiger charge is 2.31. The van der Waals surface area contributed by atoms with Crippen LogP contribution in [0.4, 0.5) is 5.82 Å². The Bertz CT molecular complexity index is 596. The fraction of sp³-hybridized carbons (Fsp3) is 0.438. The van der Waals surface area contributed by atoms with Gasteiger partial charge in [0.05, 0.1) is 18.7 Å². The molecule has 0 radical (unpaired) electrons. The molecule has 1 fully saturated rings. The molecule has 2 aromatic rings. The van der Waals surface area contributed by atoms with Gasteiger partial charge in [-0.2, -0.15) is 0 Å². The van der Waals surface area contributed by atoms with Gasteiger partial charge in [-0.15, -0.1) is 0 Å². The van der Waals surface area contributed by atoms with Gasteiger partial charge in [-0.1, -0.05) is 18.2 Å². The molecule has 0 amide bonds. The van der Waals surface area contributed by atoms with Crippen LogP contribution >= 0.6 is 0 Å². The molecule has 4 nitrogen and oxygen atoms in total. The molecular weight excluding hydrogens is 252 g/mol. The standard InChI is InChI=1S/C16H20N2O2/c1-20-9-8-18(14-6-7-14)16-13(11-19)10-12-4-2-3-5-15(12)17-16/h2-5,10,14,19H,6-9,11H2,1H3. The summed E-state index contributed by atoms with van der Waals surface area (Å²) in [6.07, 6.45) is 2.40. The van der Waals surface area contributed by atoms with Crippen molar-refractivity contribution in [2.24, 2.45) is 0 Å². The second-order valence-electron chi connectivity index (χ2n) is 5.24. The minimum atomic E-state index is 0.0172. The molecule has 0 atom stereocenters. The van der Waals surface area contributed by atoms with Crippen molar-refractivity contribution in [3.05, 3.63) is 35.9 Å². The topological polar surface area (TPSA) is 45.6 Å². The number of methoxy groups -OCH3 is 1. The Morgan fingerprint density at radius 3 is 2.85 bits per heavy atom. The van der Waals surface area contributed by atoms with Crippen LogP contribution in [-0.2, 0) is 11.3 Å². The minimum Gasteiger partial charge on any atom is -0.392 e. The number of anilines is 1. The lowest BCUT2D eigenvalue weighted by molar-refractivity contribution is 0.204. The maximum absolute atomic E-state index is 9.66. The maximum atomic E-state index is 9.66. The van der Waals surface area contributed by atoms with Crippen molar-refractivity contribution in [1.82, 2.24) is 4.98 Å². The van der Waals surface area contributed by atoms with Crippen molar-refractivity contribution < 1.29 is 9.84 Å². The second kappa shape index (κ2) is 5.77. The van der Waals surface area contributed by atoms with E-state index in [1.54, 1.807) is 7.11 Å². The molecule has 1 heterocycles. The molecule has 4 heteroatoms. The lowest BCUT2D eigenvalue weighted by Crippen LogP contribution is -2.31. The van der Waals surface area contributed by atoms with Crippen molar-refractivity contribution in [2.45, 2.75) is 25.5 Å². The van der Waals surface area contributed by atoms with Crippen LogP contribution in [0.5, 0.6) is 0 Å². The fourth-order valence-electron chi connectivity index (χ4n) is 2.55. The molecule has 0 saturated heterocycles. The first-order valence-corrected chi connectivity index (χ1v) is 7.08. The quantitative estimate of drug-likeness (QED) is 0.876. The summed E-state index contributed by atoms with van der Waals surface area (Å²) in [5.74, 6) is 0.908. The third kappa shape index (κ3) is 2.62. The van der Waals surface area contributed by atoms with Crippen LogP contribution in [-0.4, -0.2) is 36.4 Å². The highest BCUT2D eigenvalue weighted by Crippen LogP contribution is 2.33. The van der Waals surface area contributed by atoms with Crippen molar-refractivity contribution in [2.75, 3.05) is 25.2 Å². The predicted molar refractivity (Wildman–Crippen MR) is 79.9 cm³/mol. The monoisotopic (exact) mass is 272 g/mol. The summed E-state index contributed by atoms with van der Waals surface area (Å²) >= 11 is 0. The highest BCUT2D eigenvalue weighted by atomic mass is 16.5. The van der Waals surface area contributed by atoms with Crippen LogP contribution in [0.2, 0.25) is 0 Å². The Kier molecular flexibility index (Phi) is 3.85. The van der Waals surface area contributed by atoms with E-state index in [1.165, 1.54) is 12.8 Å². The molecule has 0 bridgehead atoms. The number of ether oxygens (including phenoxy) is 1. The van der Waals surface area contributed by atoms with Gasteiger partial charge in [0.25, 0.3) is 0 Å². The lowest BCUT2D eigenvalue weighted by Gasteiger charge is -2.25. The zero-order chi connectivity index (χ0) is 13.9. The molecule has 0 spiro atoms. The Hall–Kier alpha value is -1.65. The van der Waals surface area contributed by atoms with Gasteiger partial charge in [-0.3, -0.25) is 0 Å². The number of aliphatic hydroxyl groups is 1. The summed E-state index contributed by atoms with van der Waals surface area (Å²) in [6, 6.07) is 10.6. The third-order valence-electron chi connectivity index (χ3n) is 3.75. The van der Waals surface area contributed by atoms with Crippen LogP contribution in [0.3, 0.4) is 0 Å². The maximum Gasteiger partial charge on any atom is 0.135 e. The van der Waals surface area contributed by atoms with Gasteiger partial charge in [-0.25, -0.2) is 4.98 Å². The van der Waals surface area contributed by atoms with Gasteiger partial charge >= 0.3 is 0 Å². The molecule has 1 aromatic heterocycles. The Morgan fingerprint density at radius 1 is 1.35 bits per heavy atom. The number of aliphatic hydroxyl groups excluding tert-OH is 1. The van der Waals surface area contributed by atoms with Crippen molar-refractivity contribution in [3.63, 3.8) is 0 Å². The van der Waals surface area contributed by atoms with Crippen molar-refractivity contribution >= 4 is 16.7 Å². The number of hydrogen-bond acceptors (Lipinski definition) is 4. The second-order valence-corrected chi connectivity index (χ2v) is 5.24. The fourth-order valence-corrected chi connectivity index (χ4v) is 2.55. The predicted octanol–water partition coefficient (Wildman–Crippen LogP) is 2.34. The van der Waals surface area contributed by atoms with Crippen LogP contribution < -0.4 is 4.90 Å². The number of pyridine rings is 1. The third-order valence-corrected chi connectivity index (χ3v) is 3.75. The molecule has 3 rings (SSSR count). The number of aromatic nitrogens is 1. The first-order valence-electron chi connectivity index (χ1n) is 7.08. The van der Waals surface area contributed by atoms with Gasteiger partial charge in [0.2, 0.25) is 0 Å². The van der Waals surface area contributed by atoms with Gasteiger partial charge in [0.15, 0.2) is 0 Å². The van der Waals surface area contributed by atoms with E-state index in [2.05, 4.69) is 4.90 Å². The normalized spacial score (nSPS) is 14.7. The Morgan fingerprint density at radius 2 is 2.15 bits per heavy atom. The molecule has 0 aliphatic heterocycles. The molecule has 106 valence electrons. The summed E-state index contributed by atoms with van der Waals surface area (Å²) in [6.45, 7) is 1.51. The van der Waals surface area contributed by atoms with E-state index < -0.39 is 0 Å². The van der Waals surface area contributed by atoms with Crippen molar-refractivity contribution in [3.8, 4) is 0 Å². The van der Waals surface area contributed by atoms with Gasteiger partial charge < -0.3 is 14.7 Å². The van der Waals surface area contributed by atoms with Gasteiger partial charge in [0, 0.05) is 30.6 Å². The van der Waals surface area contributed by atoms with Crippen molar-refractivity contribution in [1.29, 1.82) is 0 Å². The zero-order valence-corrected chi connectivity index (χ0v) is 11.7. The van der Waals surface area contributed by atoms with E-state index in [0.29, 0.717) is 12.6 Å². The number of benzene rings is 1. The molecule has 0 unspecified atom stereocenters. The van der Waals surface area contributed by atoms with Gasteiger partial charge in [-0.05, 0) is 25.0 Å². The highest BCUT2D eigenvalue weighted by molar-refractivity contribution is 5.81. The largest absolute Gasteiger partial charge is 0.392 e. The average Bonchev–Trinajstić information content (AvgIpc) is 3.31. The molecule has 20 heavy (non-hydrogen) atoms. The number of rotatable bonds is 6. The smallest absolute Gasteiger partial charge is 0.135 e. The van der Waals surface area contributed by atoms with Crippen LogP contribution in [0.25, 0.3) is 10.9 Å². The van der Waals surface area contributed by atoms with Gasteiger partial charge in [0.1, 0.15) is 5.82 Å². The summed E-state index contributed by atoms with van der Waals surface area (Å²) in [5.41, 5.74) is 1.87. The zero-order valence-electron chi connectivity index (χ0n) is 11.7. The van der Waals surface area contributed by atoms with E-state index in [-0.39, 0.29) is 6.61 Å². The van der Waals surface area contributed by atoms with E-state index in [1.807, 2.05) is 30.3 Å². The number of para-hydroxylation sites is 1. The number of nitrogens with zero attached hydrogens (tertiary/aromatic N) is 2. The Labute approximate surface area is 119 Å². The van der Waals surface area contributed by atoms with E-state index in [0.717, 1.165) is 28.8 Å². The van der Waals surface area contributed by atoms with E-state index >= 15 is 0 Å². The number of fused-ring (bicyclic) bond motifs is 1. The minimum absolute atomic E-state index is 0.0172. The lowest BCUT2D eigenvalue weighted by atomic mass is 10.1. The number of hydrogen-bond donors (Lipinski definition) is 1. The Balaban J connectivity index is 2.02. The SMILES string of the molecule is COCCN(c1nc2ccccc2cc1CO)C1CC1. The van der Waals surface area contributed by atoms with Crippen LogP contribution in [0, 0.1) is 0 Å². The van der Waals surface area contributed by atoms with E-state index in [4.69, 9.17) is 9.72 Å². The molecule has 1 N–H and O–H groups in total. The first-order chi connectivity index (χ1) is 9.83. The van der Waals surface area contributed by atoms with Crippen LogP contribution in [0.15, 0.2) is 30.3 Å². The summed E-state index contributed by atoms with van der Waals surface area (Å²) in [4.78, 5) is 7.05. The summed E-state index contributed by atoms with van der Waals surface area (Å²) < 4.78 is 5.20. The molecule has 1 aliphatic rings. The van der Waals surface area contributed by atoms with Crippen LogP contribution in [0.1, 0.15) is 18.4 Å². The molecule has 1 aliphatic carbocycles. The summed E-state index contributed by atoms with van der Waals surface area (Å²) in [7, 11) is 1.71. The first kappa shape index (κ1) is 13.3. The molecule has 1 aromatic carbocycles. The van der Waals surface area contributed by atoms with E-state index in [9.17, 15) is 5.11 Å².